The van der Waals surface area contributed by atoms with Crippen LogP contribution in [-0.4, -0.2) is 18.0 Å². The zero-order valence-electron chi connectivity index (χ0n) is 12.0. The summed E-state index contributed by atoms with van der Waals surface area (Å²) >= 11 is 3.07. The van der Waals surface area contributed by atoms with Crippen LogP contribution in [0.25, 0.3) is 0 Å². The Balaban J connectivity index is 2.03. The molecule has 2 rings (SSSR count). The molecule has 0 aliphatic heterocycles. The number of benzene rings is 2. The van der Waals surface area contributed by atoms with Crippen molar-refractivity contribution >= 4 is 33.5 Å². The third-order valence-corrected chi connectivity index (χ3v) is 3.43. The van der Waals surface area contributed by atoms with E-state index in [0.29, 0.717) is 4.47 Å². The van der Waals surface area contributed by atoms with Gasteiger partial charge in [0, 0.05) is 4.47 Å². The van der Waals surface area contributed by atoms with E-state index in [4.69, 9.17) is 4.74 Å². The molecule has 0 fully saturated rings. The smallest absolute Gasteiger partial charge is 0.341 e. The summed E-state index contributed by atoms with van der Waals surface area (Å²) in [7, 11) is 0. The Morgan fingerprint density at radius 2 is 1.83 bits per heavy atom. The molecule has 7 heteroatoms. The first-order valence-electron chi connectivity index (χ1n) is 6.60. The molecule has 0 bridgehead atoms. The van der Waals surface area contributed by atoms with Crippen LogP contribution in [0.15, 0.2) is 46.9 Å². The van der Waals surface area contributed by atoms with Gasteiger partial charge in [0.2, 0.25) is 0 Å². The lowest BCUT2D eigenvalue weighted by Crippen LogP contribution is -2.30. The zero-order valence-corrected chi connectivity index (χ0v) is 13.6. The number of halogens is 3. The number of anilines is 1. The molecule has 0 aromatic heterocycles. The van der Waals surface area contributed by atoms with Crippen LogP contribution >= 0.6 is 15.9 Å². The second-order valence-corrected chi connectivity index (χ2v) is 5.56. The Labute approximate surface area is 139 Å². The van der Waals surface area contributed by atoms with Gasteiger partial charge in [0.1, 0.15) is 11.6 Å². The molecule has 2 aromatic rings. The van der Waals surface area contributed by atoms with Crippen molar-refractivity contribution in [3.05, 3.63) is 64.1 Å². The third-order valence-electron chi connectivity index (χ3n) is 2.94. The molecule has 0 aliphatic rings. The summed E-state index contributed by atoms with van der Waals surface area (Å²) in [6.07, 6.45) is -1.22. The van der Waals surface area contributed by atoms with Crippen molar-refractivity contribution < 1.29 is 23.1 Å². The van der Waals surface area contributed by atoms with Gasteiger partial charge in [0.15, 0.2) is 6.10 Å². The van der Waals surface area contributed by atoms with Gasteiger partial charge in [-0.3, -0.25) is 4.79 Å². The fourth-order valence-corrected chi connectivity index (χ4v) is 2.06. The number of hydrogen-bond acceptors (Lipinski definition) is 3. The molecular weight excluding hydrogens is 372 g/mol. The number of rotatable bonds is 4. The molecule has 120 valence electrons. The number of carbonyl (C=O) groups is 2. The van der Waals surface area contributed by atoms with Crippen LogP contribution < -0.4 is 5.32 Å². The van der Waals surface area contributed by atoms with Crippen LogP contribution in [0.1, 0.15) is 17.3 Å². The Hall–Kier alpha value is -2.28. The van der Waals surface area contributed by atoms with E-state index >= 15 is 0 Å². The Morgan fingerprint density at radius 1 is 1.13 bits per heavy atom. The number of hydrogen-bond donors (Lipinski definition) is 1. The van der Waals surface area contributed by atoms with E-state index in [1.165, 1.54) is 37.3 Å². The minimum atomic E-state index is -1.22. The van der Waals surface area contributed by atoms with Gasteiger partial charge in [-0.15, -0.1) is 0 Å². The molecule has 0 unspecified atom stereocenters. The summed E-state index contributed by atoms with van der Waals surface area (Å²) < 4.78 is 32.5. The Morgan fingerprint density at radius 3 is 2.48 bits per heavy atom. The van der Waals surface area contributed by atoms with Gasteiger partial charge in [-0.05, 0) is 37.3 Å². The topological polar surface area (TPSA) is 55.4 Å². The van der Waals surface area contributed by atoms with Gasteiger partial charge in [0.05, 0.1) is 11.3 Å². The van der Waals surface area contributed by atoms with E-state index in [1.807, 2.05) is 0 Å². The fourth-order valence-electron chi connectivity index (χ4n) is 1.73. The number of esters is 1. The summed E-state index contributed by atoms with van der Waals surface area (Å²) in [5.41, 5.74) is -0.325. The van der Waals surface area contributed by atoms with Crippen LogP contribution in [0, 0.1) is 11.6 Å². The molecule has 23 heavy (non-hydrogen) atoms. The van der Waals surface area contributed by atoms with Crippen molar-refractivity contribution in [2.75, 3.05) is 5.32 Å². The van der Waals surface area contributed by atoms with Gasteiger partial charge in [-0.25, -0.2) is 13.6 Å². The summed E-state index contributed by atoms with van der Waals surface area (Å²) in [5, 5.41) is 2.30. The van der Waals surface area contributed by atoms with Crippen LogP contribution in [0.5, 0.6) is 0 Å². The number of ether oxygens (including phenoxy) is 1. The predicted molar refractivity (Wildman–Crippen MR) is 84.0 cm³/mol. The molecule has 0 heterocycles. The Bertz CT molecular complexity index is 752. The number of amides is 1. The average molecular weight is 384 g/mol. The van der Waals surface area contributed by atoms with Crippen molar-refractivity contribution in [1.82, 2.24) is 0 Å². The molecule has 0 spiro atoms. The number of carbonyl (C=O) groups excluding carboxylic acids is 2. The van der Waals surface area contributed by atoms with E-state index in [1.54, 1.807) is 6.07 Å². The first-order valence-corrected chi connectivity index (χ1v) is 7.39. The van der Waals surface area contributed by atoms with E-state index in [9.17, 15) is 18.4 Å². The number of nitrogens with one attached hydrogen (secondary N) is 1. The predicted octanol–water partition coefficient (Wildman–Crippen LogP) is 3.91. The molecule has 4 nitrogen and oxygen atoms in total. The molecule has 2 aromatic carbocycles. The first kappa shape index (κ1) is 17.1. The van der Waals surface area contributed by atoms with Gasteiger partial charge in [0.25, 0.3) is 5.91 Å². The minimum Gasteiger partial charge on any atom is -0.449 e. The molecule has 0 saturated carbocycles. The van der Waals surface area contributed by atoms with Crippen LogP contribution in [-0.2, 0) is 9.53 Å². The molecule has 0 aliphatic carbocycles. The summed E-state index contributed by atoms with van der Waals surface area (Å²) in [6.45, 7) is 1.31. The third kappa shape index (κ3) is 4.35. The van der Waals surface area contributed by atoms with E-state index in [0.717, 1.165) is 6.07 Å². The second-order valence-electron chi connectivity index (χ2n) is 4.64. The maximum Gasteiger partial charge on any atom is 0.341 e. The van der Waals surface area contributed by atoms with Crippen molar-refractivity contribution in [2.45, 2.75) is 13.0 Å². The normalized spacial score (nSPS) is 11.7. The van der Waals surface area contributed by atoms with Gasteiger partial charge in [-0.2, -0.15) is 0 Å². The Kier molecular flexibility index (Phi) is 5.44. The van der Waals surface area contributed by atoms with Gasteiger partial charge >= 0.3 is 5.97 Å². The van der Waals surface area contributed by atoms with Gasteiger partial charge < -0.3 is 10.1 Å². The van der Waals surface area contributed by atoms with E-state index in [2.05, 4.69) is 21.2 Å². The van der Waals surface area contributed by atoms with Gasteiger partial charge in [-0.1, -0.05) is 28.1 Å². The largest absolute Gasteiger partial charge is 0.449 e. The first-order chi connectivity index (χ1) is 10.9. The molecule has 1 amide bonds. The van der Waals surface area contributed by atoms with Crippen molar-refractivity contribution in [2.24, 2.45) is 0 Å². The van der Waals surface area contributed by atoms with Crippen molar-refractivity contribution in [3.8, 4) is 0 Å². The van der Waals surface area contributed by atoms with Crippen LogP contribution in [0.3, 0.4) is 0 Å². The molecular formula is C16H12BrF2NO3. The highest BCUT2D eigenvalue weighted by Crippen LogP contribution is 2.17. The lowest BCUT2D eigenvalue weighted by molar-refractivity contribution is -0.123. The summed E-state index contributed by atoms with van der Waals surface area (Å²) in [4.78, 5) is 23.8. The van der Waals surface area contributed by atoms with E-state index in [-0.39, 0.29) is 11.3 Å². The quantitative estimate of drug-likeness (QED) is 0.814. The second kappa shape index (κ2) is 7.32. The lowest BCUT2D eigenvalue weighted by Gasteiger charge is -2.14. The fraction of sp³-hybridized carbons (Fsp3) is 0.125. The molecule has 0 radical (unpaired) electrons. The summed E-state index contributed by atoms with van der Waals surface area (Å²) in [5.74, 6) is -3.09. The highest BCUT2D eigenvalue weighted by Gasteiger charge is 2.22. The van der Waals surface area contributed by atoms with Crippen LogP contribution in [0.2, 0.25) is 0 Å². The molecule has 0 saturated heterocycles. The highest BCUT2D eigenvalue weighted by molar-refractivity contribution is 9.10. The minimum absolute atomic E-state index is 0.0322. The number of para-hydroxylation sites is 1. The van der Waals surface area contributed by atoms with Crippen molar-refractivity contribution in [3.63, 3.8) is 0 Å². The SMILES string of the molecule is C[C@H](OC(=O)c1ccc(Br)cc1F)C(=O)Nc1ccccc1F. The summed E-state index contributed by atoms with van der Waals surface area (Å²) in [6, 6.07) is 9.41. The maximum absolute atomic E-state index is 13.7. The zero-order chi connectivity index (χ0) is 17.0. The molecule has 1 atom stereocenters. The standard InChI is InChI=1S/C16H12BrF2NO3/c1-9(15(21)20-14-5-3-2-4-12(14)18)23-16(22)11-7-6-10(17)8-13(11)19/h2-9H,1H3,(H,20,21)/t9-/m0/s1. The lowest BCUT2D eigenvalue weighted by atomic mass is 10.2. The monoisotopic (exact) mass is 383 g/mol. The van der Waals surface area contributed by atoms with Crippen LogP contribution in [0.4, 0.5) is 14.5 Å². The van der Waals surface area contributed by atoms with Crippen molar-refractivity contribution in [1.29, 1.82) is 0 Å². The average Bonchev–Trinajstić information content (AvgIpc) is 2.49. The molecule has 1 N–H and O–H groups in total. The van der Waals surface area contributed by atoms with E-state index < -0.39 is 29.6 Å². The highest BCUT2D eigenvalue weighted by atomic mass is 79.9. The maximum atomic E-state index is 13.7.